The second-order valence-corrected chi connectivity index (χ2v) is 6.28. The van der Waals surface area contributed by atoms with E-state index >= 15 is 0 Å². The van der Waals surface area contributed by atoms with Crippen molar-refractivity contribution in [3.05, 3.63) is 35.7 Å². The highest BCUT2D eigenvalue weighted by atomic mass is 19.4. The Morgan fingerprint density at radius 3 is 2.12 bits per heavy atom. The van der Waals surface area contributed by atoms with Crippen molar-refractivity contribution >= 4 is 5.82 Å². The summed E-state index contributed by atoms with van der Waals surface area (Å²) >= 11 is 0. The third kappa shape index (κ3) is 6.81. The van der Waals surface area contributed by atoms with Gasteiger partial charge < -0.3 is 5.43 Å². The van der Waals surface area contributed by atoms with Gasteiger partial charge in [-0.2, -0.15) is 13.2 Å². The number of allylic oxidation sites excluding steroid dienone is 2. The van der Waals surface area contributed by atoms with Gasteiger partial charge in [0.25, 0.3) is 0 Å². The molecule has 24 heavy (non-hydrogen) atoms. The molecule has 6 heteroatoms. The van der Waals surface area contributed by atoms with Crippen molar-refractivity contribution in [1.29, 1.82) is 0 Å². The number of alkyl halides is 3. The zero-order valence-corrected chi connectivity index (χ0v) is 14.0. The molecule has 1 aromatic rings. The van der Waals surface area contributed by atoms with Gasteiger partial charge in [0.15, 0.2) is 0 Å². The van der Waals surface area contributed by atoms with Crippen LogP contribution in [0, 0.1) is 0 Å². The van der Waals surface area contributed by atoms with E-state index < -0.39 is 11.7 Å². The monoisotopic (exact) mass is 341 g/mol. The zero-order chi connectivity index (χ0) is 17.3. The Balaban J connectivity index is 1.87. The van der Waals surface area contributed by atoms with E-state index in [1.165, 1.54) is 51.0 Å². The van der Waals surface area contributed by atoms with Crippen LogP contribution < -0.4 is 10.9 Å². The van der Waals surface area contributed by atoms with Crippen molar-refractivity contribution in [2.24, 2.45) is 0 Å². The van der Waals surface area contributed by atoms with Crippen LogP contribution in [0.3, 0.4) is 0 Å². The first-order valence-electron chi connectivity index (χ1n) is 8.80. The van der Waals surface area contributed by atoms with Gasteiger partial charge in [-0.25, -0.2) is 4.98 Å². The number of nitrogens with zero attached hydrogens (tertiary/aromatic N) is 1. The summed E-state index contributed by atoms with van der Waals surface area (Å²) < 4.78 is 37.6. The lowest BCUT2D eigenvalue weighted by Crippen LogP contribution is -2.22. The van der Waals surface area contributed by atoms with Crippen LogP contribution in [0.25, 0.3) is 0 Å². The molecular formula is C18H26F3N3. The highest BCUT2D eigenvalue weighted by Crippen LogP contribution is 2.28. The maximum Gasteiger partial charge on any atom is 0.417 e. The van der Waals surface area contributed by atoms with Gasteiger partial charge in [-0.1, -0.05) is 44.6 Å². The zero-order valence-electron chi connectivity index (χ0n) is 14.0. The van der Waals surface area contributed by atoms with Gasteiger partial charge in [0, 0.05) is 11.9 Å². The third-order valence-electron chi connectivity index (χ3n) is 4.23. The minimum absolute atomic E-state index is 0.384. The predicted octanol–water partition coefficient (Wildman–Crippen LogP) is 5.82. The predicted molar refractivity (Wildman–Crippen MR) is 90.3 cm³/mol. The summed E-state index contributed by atoms with van der Waals surface area (Å²) in [5, 5.41) is 0. The Bertz CT molecular complexity index is 509. The molecule has 0 spiro atoms. The van der Waals surface area contributed by atoms with Gasteiger partial charge in [-0.15, -0.1) is 0 Å². The molecule has 0 atom stereocenters. The van der Waals surface area contributed by atoms with E-state index in [9.17, 15) is 13.2 Å². The standard InChI is InChI=1S/C18H26F3N3/c19-18(20,21)15-12-13-17(22-14-15)24-23-16-10-8-6-4-2-1-3-5-7-9-11-16/h10,12-14,23H,1-9,11H2,(H,22,24). The van der Waals surface area contributed by atoms with E-state index in [0.717, 1.165) is 37.2 Å². The number of hydrogen-bond acceptors (Lipinski definition) is 3. The number of aromatic nitrogens is 1. The van der Waals surface area contributed by atoms with Crippen LogP contribution in [-0.2, 0) is 6.18 Å². The molecule has 0 aromatic carbocycles. The summed E-state index contributed by atoms with van der Waals surface area (Å²) in [5.41, 5.74) is 6.38. The summed E-state index contributed by atoms with van der Waals surface area (Å²) in [5.74, 6) is 0.384. The van der Waals surface area contributed by atoms with Crippen molar-refractivity contribution in [3.8, 4) is 0 Å². The SMILES string of the molecule is FC(F)(F)c1ccc(NNC2=CCCCCCCCCCC2)nc1. The van der Waals surface area contributed by atoms with Crippen LogP contribution in [0.15, 0.2) is 30.1 Å². The third-order valence-corrected chi connectivity index (χ3v) is 4.23. The molecule has 3 nitrogen and oxygen atoms in total. The van der Waals surface area contributed by atoms with E-state index in [4.69, 9.17) is 0 Å². The lowest BCUT2D eigenvalue weighted by molar-refractivity contribution is -0.137. The number of nitrogens with one attached hydrogen (secondary N) is 2. The van der Waals surface area contributed by atoms with Crippen molar-refractivity contribution < 1.29 is 13.2 Å². The minimum Gasteiger partial charge on any atom is -0.304 e. The molecule has 1 aliphatic carbocycles. The smallest absolute Gasteiger partial charge is 0.304 e. The number of hydrogen-bond donors (Lipinski definition) is 2. The first-order valence-corrected chi connectivity index (χ1v) is 8.80. The molecule has 2 N–H and O–H groups in total. The van der Waals surface area contributed by atoms with Gasteiger partial charge in [-0.3, -0.25) is 5.43 Å². The van der Waals surface area contributed by atoms with E-state index in [1.54, 1.807) is 0 Å². The number of hydrazine groups is 1. The molecule has 0 bridgehead atoms. The Kier molecular flexibility index (Phi) is 7.40. The molecule has 1 aromatic heterocycles. The second-order valence-electron chi connectivity index (χ2n) is 6.28. The lowest BCUT2D eigenvalue weighted by Gasteiger charge is -2.14. The minimum atomic E-state index is -4.35. The number of halogens is 3. The van der Waals surface area contributed by atoms with Gasteiger partial charge in [0.2, 0.25) is 0 Å². The maximum absolute atomic E-state index is 12.5. The number of rotatable bonds is 3. The van der Waals surface area contributed by atoms with Crippen LogP contribution in [-0.4, -0.2) is 4.98 Å². The number of pyridine rings is 1. The van der Waals surface area contributed by atoms with Crippen LogP contribution in [0.1, 0.15) is 69.8 Å². The topological polar surface area (TPSA) is 37.0 Å². The van der Waals surface area contributed by atoms with Gasteiger partial charge >= 0.3 is 6.18 Å². The van der Waals surface area contributed by atoms with Crippen LogP contribution in [0.4, 0.5) is 19.0 Å². The molecular weight excluding hydrogens is 315 g/mol. The summed E-state index contributed by atoms with van der Waals surface area (Å²) in [6, 6.07) is 2.37. The summed E-state index contributed by atoms with van der Waals surface area (Å²) in [6.45, 7) is 0. The van der Waals surface area contributed by atoms with Gasteiger partial charge in [0.1, 0.15) is 5.82 Å². The fraction of sp³-hybridized carbons (Fsp3) is 0.611. The Hall–Kier alpha value is -1.72. The lowest BCUT2D eigenvalue weighted by atomic mass is 10.0. The fourth-order valence-corrected chi connectivity index (χ4v) is 2.79. The van der Waals surface area contributed by atoms with Crippen LogP contribution >= 0.6 is 0 Å². The van der Waals surface area contributed by atoms with Crippen LogP contribution in [0.5, 0.6) is 0 Å². The quantitative estimate of drug-likeness (QED) is 0.681. The van der Waals surface area contributed by atoms with Gasteiger partial charge in [0.05, 0.1) is 5.56 Å². The molecule has 0 radical (unpaired) electrons. The highest BCUT2D eigenvalue weighted by Gasteiger charge is 2.30. The average molecular weight is 341 g/mol. The molecule has 0 unspecified atom stereocenters. The largest absolute Gasteiger partial charge is 0.417 e. The molecule has 1 aliphatic rings. The molecule has 0 amide bonds. The Morgan fingerprint density at radius 2 is 1.50 bits per heavy atom. The summed E-state index contributed by atoms with van der Waals surface area (Å²) in [7, 11) is 0. The Labute approximate surface area is 141 Å². The molecule has 2 rings (SSSR count). The van der Waals surface area contributed by atoms with E-state index in [2.05, 4.69) is 21.9 Å². The molecule has 0 fully saturated rings. The fourth-order valence-electron chi connectivity index (χ4n) is 2.79. The van der Waals surface area contributed by atoms with Gasteiger partial charge in [-0.05, 0) is 37.8 Å². The van der Waals surface area contributed by atoms with Crippen molar-refractivity contribution in [2.45, 2.75) is 70.4 Å². The first-order chi connectivity index (χ1) is 11.6. The molecule has 1 heterocycles. The summed E-state index contributed by atoms with van der Waals surface area (Å²) in [4.78, 5) is 3.81. The normalized spacial score (nSPS) is 18.0. The average Bonchev–Trinajstić information content (AvgIpc) is 2.54. The Morgan fingerprint density at radius 1 is 0.833 bits per heavy atom. The molecule has 134 valence electrons. The van der Waals surface area contributed by atoms with Crippen molar-refractivity contribution in [3.63, 3.8) is 0 Å². The van der Waals surface area contributed by atoms with Crippen LogP contribution in [0.2, 0.25) is 0 Å². The van der Waals surface area contributed by atoms with Crippen molar-refractivity contribution in [1.82, 2.24) is 10.4 Å². The van der Waals surface area contributed by atoms with E-state index in [-0.39, 0.29) is 0 Å². The second kappa shape index (κ2) is 9.55. The van der Waals surface area contributed by atoms with E-state index in [1.807, 2.05) is 0 Å². The van der Waals surface area contributed by atoms with Crippen molar-refractivity contribution in [2.75, 3.05) is 5.43 Å². The molecule has 0 aliphatic heterocycles. The summed E-state index contributed by atoms with van der Waals surface area (Å²) in [6.07, 6.45) is 10.7. The maximum atomic E-state index is 12.5. The molecule has 0 saturated carbocycles. The molecule has 0 saturated heterocycles. The first kappa shape index (κ1) is 18.6. The number of anilines is 1. The van der Waals surface area contributed by atoms with E-state index in [0.29, 0.717) is 5.82 Å². The highest BCUT2D eigenvalue weighted by molar-refractivity contribution is 5.35.